The van der Waals surface area contributed by atoms with Gasteiger partial charge >= 0.3 is 6.36 Å². The summed E-state index contributed by atoms with van der Waals surface area (Å²) in [6.45, 7) is -0.00887. The minimum Gasteiger partial charge on any atom is -0.406 e. The number of ether oxygens (including phenoxy) is 1. The van der Waals surface area contributed by atoms with Crippen molar-refractivity contribution in [2.75, 3.05) is 6.54 Å². The van der Waals surface area contributed by atoms with Gasteiger partial charge in [-0.15, -0.1) is 13.2 Å². The van der Waals surface area contributed by atoms with Gasteiger partial charge in [0.25, 0.3) is 10.0 Å². The molecule has 30 heavy (non-hydrogen) atoms. The lowest BCUT2D eigenvalue weighted by Crippen LogP contribution is -2.26. The summed E-state index contributed by atoms with van der Waals surface area (Å²) in [6.07, 6.45) is -2.44. The van der Waals surface area contributed by atoms with Gasteiger partial charge in [0.05, 0.1) is 24.8 Å². The maximum absolute atomic E-state index is 12.9. The molecule has 1 N–H and O–H groups in total. The number of aromatic nitrogens is 2. The highest BCUT2D eigenvalue weighted by molar-refractivity contribution is 7.89. The lowest BCUT2D eigenvalue weighted by Gasteiger charge is -2.16. The van der Waals surface area contributed by atoms with Gasteiger partial charge in [0.1, 0.15) is 5.75 Å². The molecule has 1 aromatic heterocycles. The molecule has 7 nitrogen and oxygen atoms in total. The smallest absolute Gasteiger partial charge is 0.406 e. The van der Waals surface area contributed by atoms with Crippen molar-refractivity contribution in [3.05, 3.63) is 78.2 Å². The van der Waals surface area contributed by atoms with Crippen LogP contribution in [0.1, 0.15) is 17.0 Å². The highest BCUT2D eigenvalue weighted by Crippen LogP contribution is 2.33. The zero-order chi connectivity index (χ0) is 21.4. The normalized spacial score (nSPS) is 17.1. The van der Waals surface area contributed by atoms with E-state index in [4.69, 9.17) is 0 Å². The molecule has 0 aliphatic carbocycles. The number of hydrogen-bond donors (Lipinski definition) is 1. The molecule has 1 aliphatic heterocycles. The number of hydrogen-bond acceptors (Lipinski definition) is 5. The van der Waals surface area contributed by atoms with Crippen LogP contribution in [-0.4, -0.2) is 41.4 Å². The number of H-pyrrole nitrogens is 1. The SMILES string of the molecule is O=S(=O)(c1cnc[nH]1)N1CC(c2ccccc2)C(c2cccc(OC(F)(F)F)c2)=N1. The number of aromatic amines is 1. The van der Waals surface area contributed by atoms with Gasteiger partial charge in [-0.25, -0.2) is 4.98 Å². The summed E-state index contributed by atoms with van der Waals surface area (Å²) in [6, 6.07) is 14.3. The van der Waals surface area contributed by atoms with Crippen molar-refractivity contribution in [1.29, 1.82) is 0 Å². The van der Waals surface area contributed by atoms with E-state index in [1.807, 2.05) is 18.2 Å². The number of alkyl halides is 3. The van der Waals surface area contributed by atoms with Crippen LogP contribution < -0.4 is 4.74 Å². The molecule has 3 aromatic rings. The fourth-order valence-electron chi connectivity index (χ4n) is 3.18. The fraction of sp³-hybridized carbons (Fsp3) is 0.158. The van der Waals surface area contributed by atoms with E-state index in [2.05, 4.69) is 19.8 Å². The minimum atomic E-state index is -4.84. The highest BCUT2D eigenvalue weighted by Gasteiger charge is 2.37. The van der Waals surface area contributed by atoms with Gasteiger partial charge < -0.3 is 9.72 Å². The molecule has 0 fully saturated rings. The third-order valence-corrected chi connectivity index (χ3v) is 6.05. The quantitative estimate of drug-likeness (QED) is 0.663. The summed E-state index contributed by atoms with van der Waals surface area (Å²) in [5.41, 5.74) is 1.42. The Hall–Kier alpha value is -3.34. The molecule has 0 bridgehead atoms. The van der Waals surface area contributed by atoms with E-state index in [1.54, 1.807) is 18.2 Å². The van der Waals surface area contributed by atoms with E-state index in [9.17, 15) is 21.6 Å². The molecule has 4 rings (SSSR count). The summed E-state index contributed by atoms with van der Waals surface area (Å²) in [4.78, 5) is 6.27. The number of imidazole rings is 1. The van der Waals surface area contributed by atoms with Crippen molar-refractivity contribution < 1.29 is 26.3 Å². The van der Waals surface area contributed by atoms with E-state index in [0.717, 1.165) is 16.2 Å². The average molecular weight is 436 g/mol. The monoisotopic (exact) mass is 436 g/mol. The first-order valence-corrected chi connectivity index (χ1v) is 10.2. The van der Waals surface area contributed by atoms with Gasteiger partial charge in [0.2, 0.25) is 0 Å². The molecule has 2 heterocycles. The number of sulfonamides is 1. The molecule has 2 aromatic carbocycles. The van der Waals surface area contributed by atoms with Crippen LogP contribution in [0.25, 0.3) is 0 Å². The molecule has 0 spiro atoms. The maximum Gasteiger partial charge on any atom is 0.573 e. The highest BCUT2D eigenvalue weighted by atomic mass is 32.2. The summed E-state index contributed by atoms with van der Waals surface area (Å²) in [5, 5.41) is 4.13. The number of nitrogens with zero attached hydrogens (tertiary/aromatic N) is 3. The van der Waals surface area contributed by atoms with E-state index < -0.39 is 28.1 Å². The lowest BCUT2D eigenvalue weighted by atomic mass is 9.91. The van der Waals surface area contributed by atoms with Crippen LogP contribution in [0.5, 0.6) is 5.75 Å². The van der Waals surface area contributed by atoms with Crippen molar-refractivity contribution in [1.82, 2.24) is 14.4 Å². The minimum absolute atomic E-state index is 0.00887. The molecule has 1 aliphatic rings. The van der Waals surface area contributed by atoms with Gasteiger partial charge in [-0.2, -0.15) is 17.9 Å². The predicted molar refractivity (Wildman–Crippen MR) is 101 cm³/mol. The van der Waals surface area contributed by atoms with Crippen LogP contribution in [0.3, 0.4) is 0 Å². The topological polar surface area (TPSA) is 87.7 Å². The Labute approximate surface area is 169 Å². The zero-order valence-corrected chi connectivity index (χ0v) is 16.1. The Bertz CT molecular complexity index is 1160. The van der Waals surface area contributed by atoms with E-state index in [0.29, 0.717) is 11.3 Å². The molecule has 1 unspecified atom stereocenters. The van der Waals surface area contributed by atoms with Crippen LogP contribution >= 0.6 is 0 Å². The zero-order valence-electron chi connectivity index (χ0n) is 15.2. The van der Waals surface area contributed by atoms with Crippen molar-refractivity contribution in [3.8, 4) is 5.75 Å². The number of rotatable bonds is 5. The van der Waals surface area contributed by atoms with Gasteiger partial charge in [-0.3, -0.25) is 0 Å². The van der Waals surface area contributed by atoms with Gasteiger partial charge in [-0.05, 0) is 17.7 Å². The first-order chi connectivity index (χ1) is 14.2. The van der Waals surface area contributed by atoms with Crippen molar-refractivity contribution in [2.45, 2.75) is 17.3 Å². The Morgan fingerprint density at radius 3 is 2.53 bits per heavy atom. The van der Waals surface area contributed by atoms with Crippen LogP contribution in [0, 0.1) is 0 Å². The maximum atomic E-state index is 12.9. The van der Waals surface area contributed by atoms with Crippen LogP contribution in [0.4, 0.5) is 13.2 Å². The predicted octanol–water partition coefficient (Wildman–Crippen LogP) is 3.50. The van der Waals surface area contributed by atoms with Gasteiger partial charge in [-0.1, -0.05) is 42.5 Å². The van der Waals surface area contributed by atoms with Crippen LogP contribution in [0.15, 0.2) is 77.2 Å². The Morgan fingerprint density at radius 2 is 1.87 bits per heavy atom. The largest absolute Gasteiger partial charge is 0.573 e. The van der Waals surface area contributed by atoms with Crippen molar-refractivity contribution >= 4 is 15.7 Å². The average Bonchev–Trinajstić information content (AvgIpc) is 3.38. The fourth-order valence-corrected chi connectivity index (χ4v) is 4.35. The number of benzene rings is 2. The van der Waals surface area contributed by atoms with Gasteiger partial charge in [0.15, 0.2) is 5.03 Å². The molecule has 11 heteroatoms. The molecular weight excluding hydrogens is 421 g/mol. The third kappa shape index (κ3) is 4.01. The van der Waals surface area contributed by atoms with Crippen molar-refractivity contribution in [2.24, 2.45) is 5.10 Å². The molecule has 0 saturated carbocycles. The van der Waals surface area contributed by atoms with Crippen LogP contribution in [-0.2, 0) is 10.0 Å². The number of nitrogens with one attached hydrogen (secondary N) is 1. The second-order valence-corrected chi connectivity index (χ2v) is 8.26. The Morgan fingerprint density at radius 1 is 1.10 bits per heavy atom. The summed E-state index contributed by atoms with van der Waals surface area (Å²) in [7, 11) is -4.00. The Kier molecular flexibility index (Phi) is 4.98. The lowest BCUT2D eigenvalue weighted by molar-refractivity contribution is -0.274. The summed E-state index contributed by atoms with van der Waals surface area (Å²) >= 11 is 0. The second-order valence-electron chi connectivity index (χ2n) is 6.45. The molecule has 1 atom stereocenters. The summed E-state index contributed by atoms with van der Waals surface area (Å²) < 4.78 is 68.5. The second kappa shape index (κ2) is 7.48. The molecule has 0 radical (unpaired) electrons. The van der Waals surface area contributed by atoms with Gasteiger partial charge in [0, 0.05) is 11.5 Å². The first-order valence-electron chi connectivity index (χ1n) is 8.75. The third-order valence-electron chi connectivity index (χ3n) is 4.48. The molecule has 0 amide bonds. The molecule has 156 valence electrons. The number of hydrazone groups is 1. The van der Waals surface area contributed by atoms with Crippen LogP contribution in [0.2, 0.25) is 0 Å². The standard InChI is InChI=1S/C19H15F3N4O3S/c20-19(21,22)29-15-8-4-7-14(9-15)18-16(13-5-2-1-3-6-13)11-26(25-18)30(27,28)17-10-23-12-24-17/h1-10,12,16H,11H2,(H,23,24). The van der Waals surface area contributed by atoms with E-state index >= 15 is 0 Å². The van der Waals surface area contributed by atoms with E-state index in [-0.39, 0.29) is 11.6 Å². The van der Waals surface area contributed by atoms with E-state index in [1.165, 1.54) is 24.5 Å². The summed E-state index contributed by atoms with van der Waals surface area (Å²) in [5.74, 6) is -0.894. The molecular formula is C19H15F3N4O3S. The Balaban J connectivity index is 1.76. The number of halogens is 3. The first kappa shape index (κ1) is 20.0. The molecule has 0 saturated heterocycles. The van der Waals surface area contributed by atoms with Crippen molar-refractivity contribution in [3.63, 3.8) is 0 Å².